The number of carbonyl (C=O) groups is 1. The highest BCUT2D eigenvalue weighted by atomic mass is 32.1. The van der Waals surface area contributed by atoms with Gasteiger partial charge in [-0.15, -0.1) is 12.6 Å². The van der Waals surface area contributed by atoms with Crippen molar-refractivity contribution in [2.24, 2.45) is 5.73 Å². The Hall–Kier alpha value is -1.78. The van der Waals surface area contributed by atoms with Crippen molar-refractivity contribution in [1.29, 1.82) is 0 Å². The van der Waals surface area contributed by atoms with E-state index in [0.29, 0.717) is 6.42 Å². The third-order valence-corrected chi connectivity index (χ3v) is 3.22. The summed E-state index contributed by atoms with van der Waals surface area (Å²) in [5, 5.41) is 0. The minimum atomic E-state index is -0.649. The predicted octanol–water partition coefficient (Wildman–Crippen LogP) is 2.59. The van der Waals surface area contributed by atoms with E-state index in [-0.39, 0.29) is 12.6 Å². The topological polar surface area (TPSA) is 52.3 Å². The Morgan fingerprint density at radius 3 is 2.35 bits per heavy atom. The van der Waals surface area contributed by atoms with Crippen LogP contribution in [0.4, 0.5) is 0 Å². The first-order valence-electron chi connectivity index (χ1n) is 6.39. The van der Waals surface area contributed by atoms with Gasteiger partial charge in [-0.3, -0.25) is 4.79 Å². The third-order valence-electron chi connectivity index (χ3n) is 2.92. The van der Waals surface area contributed by atoms with E-state index in [2.05, 4.69) is 12.6 Å². The Labute approximate surface area is 124 Å². The summed E-state index contributed by atoms with van der Waals surface area (Å²) < 4.78 is 5.21. The van der Waals surface area contributed by atoms with Crippen molar-refractivity contribution in [3.8, 4) is 0 Å². The van der Waals surface area contributed by atoms with Gasteiger partial charge >= 0.3 is 5.97 Å². The number of hydrogen-bond donors (Lipinski definition) is 2. The number of rotatable bonds is 5. The number of ether oxygens (including phenoxy) is 1. The van der Waals surface area contributed by atoms with Crippen LogP contribution in [0.2, 0.25) is 0 Å². The summed E-state index contributed by atoms with van der Waals surface area (Å²) in [5.74, 6) is -0.385. The van der Waals surface area contributed by atoms with Crippen molar-refractivity contribution in [1.82, 2.24) is 0 Å². The smallest absolute Gasteiger partial charge is 0.323 e. The number of carbonyl (C=O) groups excluding carboxylic acids is 1. The Balaban J connectivity index is 1.84. The summed E-state index contributed by atoms with van der Waals surface area (Å²) in [6, 6.07) is 16.5. The van der Waals surface area contributed by atoms with Crippen LogP contribution in [0, 0.1) is 0 Å². The zero-order valence-corrected chi connectivity index (χ0v) is 11.9. The molecule has 2 aromatic rings. The van der Waals surface area contributed by atoms with Crippen LogP contribution in [0.5, 0.6) is 0 Å². The van der Waals surface area contributed by atoms with Crippen LogP contribution in [-0.4, -0.2) is 12.0 Å². The van der Waals surface area contributed by atoms with Crippen molar-refractivity contribution in [3.63, 3.8) is 0 Å². The zero-order chi connectivity index (χ0) is 14.4. The average molecular weight is 287 g/mol. The molecule has 0 saturated carbocycles. The molecule has 0 unspecified atom stereocenters. The molecule has 2 aromatic carbocycles. The summed E-state index contributed by atoms with van der Waals surface area (Å²) in [6.45, 7) is 0.253. The van der Waals surface area contributed by atoms with Gasteiger partial charge in [0, 0.05) is 4.90 Å². The van der Waals surface area contributed by atoms with Crippen LogP contribution in [0.25, 0.3) is 0 Å². The van der Waals surface area contributed by atoms with E-state index < -0.39 is 6.04 Å². The van der Waals surface area contributed by atoms with Crippen molar-refractivity contribution in [2.75, 3.05) is 0 Å². The Morgan fingerprint density at radius 1 is 1.05 bits per heavy atom. The molecule has 0 aliphatic rings. The van der Waals surface area contributed by atoms with E-state index in [0.717, 1.165) is 16.0 Å². The molecule has 0 heterocycles. The van der Waals surface area contributed by atoms with Crippen molar-refractivity contribution in [2.45, 2.75) is 24.0 Å². The minimum absolute atomic E-state index is 0.253. The average Bonchev–Trinajstić information content (AvgIpc) is 2.48. The fourth-order valence-electron chi connectivity index (χ4n) is 1.81. The number of benzene rings is 2. The lowest BCUT2D eigenvalue weighted by molar-refractivity contribution is -0.146. The lowest BCUT2D eigenvalue weighted by Crippen LogP contribution is -2.34. The van der Waals surface area contributed by atoms with Crippen molar-refractivity contribution < 1.29 is 9.53 Å². The van der Waals surface area contributed by atoms with Crippen molar-refractivity contribution in [3.05, 3.63) is 65.7 Å². The molecule has 0 saturated heterocycles. The maximum absolute atomic E-state index is 11.8. The summed E-state index contributed by atoms with van der Waals surface area (Å²) in [7, 11) is 0. The molecule has 1 atom stereocenters. The second-order valence-electron chi connectivity index (χ2n) is 4.57. The van der Waals surface area contributed by atoms with E-state index >= 15 is 0 Å². The highest BCUT2D eigenvalue weighted by Gasteiger charge is 2.15. The number of hydrogen-bond acceptors (Lipinski definition) is 4. The van der Waals surface area contributed by atoms with Gasteiger partial charge in [0.1, 0.15) is 12.6 Å². The molecule has 2 rings (SSSR count). The molecular formula is C16H17NO2S. The maximum atomic E-state index is 11.8. The lowest BCUT2D eigenvalue weighted by Gasteiger charge is -2.11. The van der Waals surface area contributed by atoms with Gasteiger partial charge in [0.05, 0.1) is 0 Å². The molecule has 0 spiro atoms. The van der Waals surface area contributed by atoms with Crippen molar-refractivity contribution >= 4 is 18.6 Å². The fourth-order valence-corrected chi connectivity index (χ4v) is 1.95. The fraction of sp³-hybridized carbons (Fsp3) is 0.188. The standard InChI is InChI=1S/C16H17NO2S/c17-15(10-12-6-8-14(20)9-7-12)16(18)19-11-13-4-2-1-3-5-13/h1-9,15,20H,10-11,17H2/t15-/m1/s1. The van der Waals surface area contributed by atoms with E-state index in [1.54, 1.807) is 0 Å². The van der Waals surface area contributed by atoms with Crippen LogP contribution in [0.3, 0.4) is 0 Å². The minimum Gasteiger partial charge on any atom is -0.460 e. The van der Waals surface area contributed by atoms with E-state index in [9.17, 15) is 4.79 Å². The first-order valence-corrected chi connectivity index (χ1v) is 6.84. The summed E-state index contributed by atoms with van der Waals surface area (Å²) in [4.78, 5) is 12.7. The molecule has 0 fully saturated rings. The highest BCUT2D eigenvalue weighted by molar-refractivity contribution is 7.80. The van der Waals surface area contributed by atoms with Gasteiger partial charge in [0.2, 0.25) is 0 Å². The van der Waals surface area contributed by atoms with Gasteiger partial charge < -0.3 is 10.5 Å². The van der Waals surface area contributed by atoms with Gasteiger partial charge in [0.25, 0.3) is 0 Å². The second-order valence-corrected chi connectivity index (χ2v) is 5.09. The Bertz CT molecular complexity index is 554. The maximum Gasteiger partial charge on any atom is 0.323 e. The SMILES string of the molecule is N[C@H](Cc1ccc(S)cc1)C(=O)OCc1ccccc1. The monoisotopic (exact) mass is 287 g/mol. The zero-order valence-electron chi connectivity index (χ0n) is 11.0. The molecule has 0 aliphatic heterocycles. The van der Waals surface area contributed by atoms with Crippen LogP contribution in [0.15, 0.2) is 59.5 Å². The molecule has 0 aliphatic carbocycles. The quantitative estimate of drug-likeness (QED) is 0.656. The molecule has 104 valence electrons. The summed E-state index contributed by atoms with van der Waals surface area (Å²) in [5.41, 5.74) is 7.80. The Kier molecular flexibility index (Phi) is 5.21. The second kappa shape index (κ2) is 7.12. The first-order chi connectivity index (χ1) is 9.65. The number of esters is 1. The van der Waals surface area contributed by atoms with Crippen LogP contribution in [0.1, 0.15) is 11.1 Å². The Morgan fingerprint density at radius 2 is 1.70 bits per heavy atom. The van der Waals surface area contributed by atoms with E-state index in [1.165, 1.54) is 0 Å². The largest absolute Gasteiger partial charge is 0.460 e. The predicted molar refractivity (Wildman–Crippen MR) is 81.6 cm³/mol. The molecule has 0 radical (unpaired) electrons. The van der Waals surface area contributed by atoms with Crippen LogP contribution >= 0.6 is 12.6 Å². The third kappa shape index (κ3) is 4.40. The summed E-state index contributed by atoms with van der Waals surface area (Å²) in [6.07, 6.45) is 0.460. The van der Waals surface area contributed by atoms with Gasteiger partial charge in [0.15, 0.2) is 0 Å². The van der Waals surface area contributed by atoms with Crippen LogP contribution in [-0.2, 0) is 22.6 Å². The molecular weight excluding hydrogens is 270 g/mol. The van der Waals surface area contributed by atoms with E-state index in [1.807, 2.05) is 54.6 Å². The molecule has 2 N–H and O–H groups in total. The molecule has 0 amide bonds. The normalized spacial score (nSPS) is 11.9. The van der Waals surface area contributed by atoms with Crippen LogP contribution < -0.4 is 5.73 Å². The van der Waals surface area contributed by atoms with Gasteiger partial charge in [-0.2, -0.15) is 0 Å². The number of nitrogens with two attached hydrogens (primary N) is 1. The highest BCUT2D eigenvalue weighted by Crippen LogP contribution is 2.10. The molecule has 0 aromatic heterocycles. The van der Waals surface area contributed by atoms with E-state index in [4.69, 9.17) is 10.5 Å². The molecule has 0 bridgehead atoms. The molecule has 20 heavy (non-hydrogen) atoms. The summed E-state index contributed by atoms with van der Waals surface area (Å²) >= 11 is 4.21. The first kappa shape index (κ1) is 14.6. The van der Waals surface area contributed by atoms with Gasteiger partial charge in [-0.05, 0) is 29.7 Å². The number of thiol groups is 1. The molecule has 3 nitrogen and oxygen atoms in total. The van der Waals surface area contributed by atoms with Gasteiger partial charge in [-0.25, -0.2) is 0 Å². The molecule has 4 heteroatoms. The lowest BCUT2D eigenvalue weighted by atomic mass is 10.1. The van der Waals surface area contributed by atoms with Gasteiger partial charge in [-0.1, -0.05) is 42.5 Å².